The van der Waals surface area contributed by atoms with Gasteiger partial charge in [0.05, 0.1) is 17.1 Å². The van der Waals surface area contributed by atoms with Crippen LogP contribution >= 0.6 is 0 Å². The standard InChI is InChI=1S/C21H23N5O/c22-20-16-10-11-17(25-21(16)24-14-23-20)18-8-4-5-13-26(18)19(27)12-9-15-6-2-1-3-7-15/h1-3,6-7,10-11,14,18H,4-5,8-9,12-13H2,(H2,22,23,24,25). The van der Waals surface area contributed by atoms with Gasteiger partial charge in [0.25, 0.3) is 0 Å². The van der Waals surface area contributed by atoms with E-state index in [1.165, 1.54) is 11.9 Å². The number of nitrogen functional groups attached to an aromatic ring is 1. The average molecular weight is 361 g/mol. The van der Waals surface area contributed by atoms with Gasteiger partial charge in [0.15, 0.2) is 5.65 Å². The van der Waals surface area contributed by atoms with Crippen LogP contribution in [0.4, 0.5) is 5.82 Å². The van der Waals surface area contributed by atoms with Crippen molar-refractivity contribution in [3.63, 3.8) is 0 Å². The van der Waals surface area contributed by atoms with Gasteiger partial charge in [-0.15, -0.1) is 0 Å². The van der Waals surface area contributed by atoms with Gasteiger partial charge in [0.1, 0.15) is 12.1 Å². The Balaban J connectivity index is 1.54. The second kappa shape index (κ2) is 7.70. The number of piperidine rings is 1. The Labute approximate surface area is 158 Å². The summed E-state index contributed by atoms with van der Waals surface area (Å²) in [6.07, 6.45) is 5.77. The van der Waals surface area contributed by atoms with Gasteiger partial charge in [0, 0.05) is 13.0 Å². The Kier molecular flexibility index (Phi) is 4.96. The minimum absolute atomic E-state index is 0.00242. The normalized spacial score (nSPS) is 17.2. The number of nitrogens with zero attached hydrogens (tertiary/aromatic N) is 4. The summed E-state index contributed by atoms with van der Waals surface area (Å²) in [5.41, 5.74) is 8.56. The molecule has 1 unspecified atom stereocenters. The number of carbonyl (C=O) groups is 1. The highest BCUT2D eigenvalue weighted by Gasteiger charge is 2.28. The van der Waals surface area contributed by atoms with Crippen molar-refractivity contribution in [3.8, 4) is 0 Å². The van der Waals surface area contributed by atoms with E-state index >= 15 is 0 Å². The van der Waals surface area contributed by atoms with Crippen molar-refractivity contribution in [2.45, 2.75) is 38.1 Å². The van der Waals surface area contributed by atoms with Gasteiger partial charge >= 0.3 is 0 Å². The Morgan fingerprint density at radius 2 is 1.96 bits per heavy atom. The number of pyridine rings is 1. The summed E-state index contributed by atoms with van der Waals surface area (Å²) < 4.78 is 0. The SMILES string of the molecule is Nc1ncnc2nc(C3CCCCN3C(=O)CCc3ccccc3)ccc12. The van der Waals surface area contributed by atoms with Crippen LogP contribution in [0.1, 0.15) is 43.0 Å². The lowest BCUT2D eigenvalue weighted by Gasteiger charge is -2.35. The topological polar surface area (TPSA) is 85.0 Å². The predicted octanol–water partition coefficient (Wildman–Crippen LogP) is 3.29. The zero-order valence-electron chi connectivity index (χ0n) is 15.2. The second-order valence-corrected chi connectivity index (χ2v) is 6.95. The van der Waals surface area contributed by atoms with Crippen LogP contribution in [0.2, 0.25) is 0 Å². The van der Waals surface area contributed by atoms with Gasteiger partial charge in [-0.05, 0) is 43.4 Å². The van der Waals surface area contributed by atoms with Gasteiger partial charge in [0.2, 0.25) is 5.91 Å². The summed E-state index contributed by atoms with van der Waals surface area (Å²) in [6.45, 7) is 0.782. The molecule has 1 amide bonds. The first-order valence-corrected chi connectivity index (χ1v) is 9.43. The number of amides is 1. The van der Waals surface area contributed by atoms with Gasteiger partial charge < -0.3 is 10.6 Å². The van der Waals surface area contributed by atoms with Crippen LogP contribution in [-0.4, -0.2) is 32.3 Å². The molecular formula is C21H23N5O. The van der Waals surface area contributed by atoms with Gasteiger partial charge in [-0.2, -0.15) is 0 Å². The molecule has 27 heavy (non-hydrogen) atoms. The highest BCUT2D eigenvalue weighted by atomic mass is 16.2. The first-order valence-electron chi connectivity index (χ1n) is 9.43. The summed E-state index contributed by atoms with van der Waals surface area (Å²) in [5.74, 6) is 0.617. The van der Waals surface area contributed by atoms with Crippen molar-refractivity contribution < 1.29 is 4.79 Å². The molecule has 0 aliphatic carbocycles. The Bertz CT molecular complexity index is 944. The predicted molar refractivity (Wildman–Crippen MR) is 105 cm³/mol. The van der Waals surface area contributed by atoms with Gasteiger partial charge in [-0.25, -0.2) is 15.0 Å². The fourth-order valence-corrected chi connectivity index (χ4v) is 3.74. The van der Waals surface area contributed by atoms with Crippen LogP contribution in [-0.2, 0) is 11.2 Å². The number of benzene rings is 1. The van der Waals surface area contributed by atoms with Crippen molar-refractivity contribution in [3.05, 3.63) is 60.0 Å². The maximum atomic E-state index is 12.9. The number of carbonyl (C=O) groups excluding carboxylic acids is 1. The van der Waals surface area contributed by atoms with E-state index in [1.54, 1.807) is 0 Å². The third-order valence-corrected chi connectivity index (χ3v) is 5.18. The van der Waals surface area contributed by atoms with E-state index in [2.05, 4.69) is 27.1 Å². The lowest BCUT2D eigenvalue weighted by molar-refractivity contribution is -0.135. The first-order chi connectivity index (χ1) is 13.2. The van der Waals surface area contributed by atoms with Crippen LogP contribution < -0.4 is 5.73 Å². The Hall–Kier alpha value is -3.02. The van der Waals surface area contributed by atoms with Crippen molar-refractivity contribution in [2.75, 3.05) is 12.3 Å². The van der Waals surface area contributed by atoms with E-state index in [0.717, 1.165) is 43.3 Å². The summed E-state index contributed by atoms with van der Waals surface area (Å²) >= 11 is 0. The molecule has 0 radical (unpaired) electrons. The zero-order valence-corrected chi connectivity index (χ0v) is 15.2. The summed E-state index contributed by atoms with van der Waals surface area (Å²) in [6, 6.07) is 14.0. The number of likely N-dealkylation sites (tertiary alicyclic amines) is 1. The number of rotatable bonds is 4. The number of hydrogen-bond donors (Lipinski definition) is 1. The minimum atomic E-state index is 0.00242. The molecule has 2 N–H and O–H groups in total. The molecule has 0 bridgehead atoms. The van der Waals surface area contributed by atoms with E-state index in [4.69, 9.17) is 5.73 Å². The molecule has 0 spiro atoms. The Morgan fingerprint density at radius 1 is 1.11 bits per heavy atom. The third kappa shape index (κ3) is 3.74. The number of anilines is 1. The molecule has 1 fully saturated rings. The number of aromatic nitrogens is 3. The smallest absolute Gasteiger partial charge is 0.223 e. The van der Waals surface area contributed by atoms with E-state index < -0.39 is 0 Å². The van der Waals surface area contributed by atoms with Crippen LogP contribution in [0.25, 0.3) is 11.0 Å². The molecule has 1 aromatic carbocycles. The molecule has 6 heteroatoms. The molecule has 3 heterocycles. The summed E-state index contributed by atoms with van der Waals surface area (Å²) in [4.78, 5) is 27.8. The molecule has 3 aromatic rings. The van der Waals surface area contributed by atoms with Crippen LogP contribution in [0.5, 0.6) is 0 Å². The molecule has 6 nitrogen and oxygen atoms in total. The highest BCUT2D eigenvalue weighted by molar-refractivity contribution is 5.85. The molecule has 2 aromatic heterocycles. The molecule has 138 valence electrons. The van der Waals surface area contributed by atoms with Crippen molar-refractivity contribution in [1.29, 1.82) is 0 Å². The molecule has 0 saturated carbocycles. The van der Waals surface area contributed by atoms with E-state index in [0.29, 0.717) is 17.9 Å². The van der Waals surface area contributed by atoms with Crippen LogP contribution in [0.15, 0.2) is 48.8 Å². The van der Waals surface area contributed by atoms with E-state index in [9.17, 15) is 4.79 Å². The Morgan fingerprint density at radius 3 is 2.81 bits per heavy atom. The largest absolute Gasteiger partial charge is 0.383 e. The molecule has 1 aliphatic heterocycles. The monoisotopic (exact) mass is 361 g/mol. The number of fused-ring (bicyclic) bond motifs is 1. The van der Waals surface area contributed by atoms with Gasteiger partial charge in [-0.1, -0.05) is 30.3 Å². The second-order valence-electron chi connectivity index (χ2n) is 6.95. The molecule has 1 aliphatic rings. The number of nitrogens with two attached hydrogens (primary N) is 1. The van der Waals surface area contributed by atoms with Crippen molar-refractivity contribution >= 4 is 22.8 Å². The summed E-state index contributed by atoms with van der Waals surface area (Å²) in [5, 5.41) is 0.749. The van der Waals surface area contributed by atoms with E-state index in [-0.39, 0.29) is 11.9 Å². The maximum absolute atomic E-state index is 12.9. The lowest BCUT2D eigenvalue weighted by Crippen LogP contribution is -2.39. The maximum Gasteiger partial charge on any atom is 0.223 e. The van der Waals surface area contributed by atoms with Crippen LogP contribution in [0.3, 0.4) is 0 Å². The fourth-order valence-electron chi connectivity index (χ4n) is 3.74. The lowest BCUT2D eigenvalue weighted by atomic mass is 9.97. The molecular weight excluding hydrogens is 338 g/mol. The average Bonchev–Trinajstić information content (AvgIpc) is 2.73. The summed E-state index contributed by atoms with van der Waals surface area (Å²) in [7, 11) is 0. The third-order valence-electron chi connectivity index (χ3n) is 5.18. The molecule has 4 rings (SSSR count). The van der Waals surface area contributed by atoms with E-state index in [1.807, 2.05) is 35.2 Å². The minimum Gasteiger partial charge on any atom is -0.383 e. The first kappa shape index (κ1) is 17.4. The van der Waals surface area contributed by atoms with Crippen LogP contribution in [0, 0.1) is 0 Å². The van der Waals surface area contributed by atoms with Gasteiger partial charge in [-0.3, -0.25) is 4.79 Å². The zero-order chi connectivity index (χ0) is 18.6. The molecule has 1 saturated heterocycles. The van der Waals surface area contributed by atoms with Crippen molar-refractivity contribution in [1.82, 2.24) is 19.9 Å². The number of hydrogen-bond acceptors (Lipinski definition) is 5. The van der Waals surface area contributed by atoms with Crippen molar-refractivity contribution in [2.24, 2.45) is 0 Å². The number of aryl methyl sites for hydroxylation is 1. The highest BCUT2D eigenvalue weighted by Crippen LogP contribution is 2.31. The molecule has 1 atom stereocenters. The fraction of sp³-hybridized carbons (Fsp3) is 0.333. The quantitative estimate of drug-likeness (QED) is 0.771.